The van der Waals surface area contributed by atoms with E-state index in [-0.39, 0.29) is 0 Å². The Balaban J connectivity index is 1.94. The highest BCUT2D eigenvalue weighted by Crippen LogP contribution is 2.19. The summed E-state index contributed by atoms with van der Waals surface area (Å²) in [5.74, 6) is 1.58. The van der Waals surface area contributed by atoms with Crippen molar-refractivity contribution in [2.45, 2.75) is 12.8 Å². The molecule has 0 amide bonds. The second kappa shape index (κ2) is 3.81. The topological polar surface area (TPSA) is 35.0 Å². The highest BCUT2D eigenvalue weighted by atomic mass is 79.9. The molecule has 1 aromatic heterocycles. The van der Waals surface area contributed by atoms with Crippen molar-refractivity contribution in [1.82, 2.24) is 9.36 Å². The zero-order chi connectivity index (χ0) is 8.39. The predicted molar refractivity (Wildman–Crippen MR) is 50.2 cm³/mol. The van der Waals surface area contributed by atoms with E-state index in [2.05, 4.69) is 25.3 Å². The van der Waals surface area contributed by atoms with Crippen LogP contribution in [0.2, 0.25) is 0 Å². The molecule has 1 aliphatic rings. The first-order valence-corrected chi connectivity index (χ1v) is 5.47. The predicted octanol–water partition coefficient (Wildman–Crippen LogP) is 1.88. The third-order valence-electron chi connectivity index (χ3n) is 1.94. The third-order valence-corrected chi connectivity index (χ3v) is 3.09. The van der Waals surface area contributed by atoms with Crippen LogP contribution in [0.1, 0.15) is 12.2 Å². The molecule has 3 nitrogen and oxygen atoms in total. The highest BCUT2D eigenvalue weighted by Gasteiger charge is 2.17. The van der Waals surface area contributed by atoms with E-state index in [1.807, 2.05) is 0 Å². The first kappa shape index (κ1) is 8.59. The van der Waals surface area contributed by atoms with E-state index < -0.39 is 0 Å². The molecular weight excluding hydrogens is 240 g/mol. The summed E-state index contributed by atoms with van der Waals surface area (Å²) in [6.45, 7) is 1.77. The summed E-state index contributed by atoms with van der Waals surface area (Å²) in [6, 6.07) is 0. The maximum Gasteiger partial charge on any atom is 0.179 e. The SMILES string of the molecule is Brc1nc(CC2CCOC2)ns1. The Bertz CT molecular complexity index is 260. The molecule has 0 N–H and O–H groups in total. The first-order chi connectivity index (χ1) is 5.84. The molecular formula is C7H9BrN2OS. The van der Waals surface area contributed by atoms with Crippen LogP contribution in [0.25, 0.3) is 0 Å². The van der Waals surface area contributed by atoms with Crippen molar-refractivity contribution in [3.63, 3.8) is 0 Å². The average Bonchev–Trinajstić information content (AvgIpc) is 2.63. The molecule has 5 heteroatoms. The Morgan fingerprint density at radius 2 is 2.58 bits per heavy atom. The van der Waals surface area contributed by atoms with Gasteiger partial charge in [-0.15, -0.1) is 0 Å². The summed E-state index contributed by atoms with van der Waals surface area (Å²) in [5, 5.41) is 0. The van der Waals surface area contributed by atoms with E-state index in [4.69, 9.17) is 4.74 Å². The summed E-state index contributed by atoms with van der Waals surface area (Å²) in [7, 11) is 0. The Labute approximate surface area is 83.5 Å². The lowest BCUT2D eigenvalue weighted by molar-refractivity contribution is 0.185. The molecule has 1 unspecified atom stereocenters. The van der Waals surface area contributed by atoms with Gasteiger partial charge in [0.1, 0.15) is 5.82 Å². The number of aromatic nitrogens is 2. The van der Waals surface area contributed by atoms with Gasteiger partial charge in [-0.1, -0.05) is 0 Å². The van der Waals surface area contributed by atoms with Crippen LogP contribution in [-0.2, 0) is 11.2 Å². The van der Waals surface area contributed by atoms with Crippen LogP contribution in [-0.4, -0.2) is 22.6 Å². The maximum absolute atomic E-state index is 5.27. The minimum atomic E-state index is 0.631. The van der Waals surface area contributed by atoms with Crippen molar-refractivity contribution in [3.05, 3.63) is 9.74 Å². The maximum atomic E-state index is 5.27. The van der Waals surface area contributed by atoms with E-state index in [1.54, 1.807) is 0 Å². The fraction of sp³-hybridized carbons (Fsp3) is 0.714. The van der Waals surface area contributed by atoms with E-state index in [0.717, 1.165) is 35.8 Å². The van der Waals surface area contributed by atoms with Gasteiger partial charge in [0.15, 0.2) is 3.92 Å². The largest absolute Gasteiger partial charge is 0.381 e. The second-order valence-corrected chi connectivity index (χ2v) is 4.93. The van der Waals surface area contributed by atoms with Crippen molar-refractivity contribution in [2.75, 3.05) is 13.2 Å². The molecule has 0 aromatic carbocycles. The molecule has 12 heavy (non-hydrogen) atoms. The molecule has 2 heterocycles. The van der Waals surface area contributed by atoms with Gasteiger partial charge in [0.2, 0.25) is 0 Å². The van der Waals surface area contributed by atoms with Gasteiger partial charge in [-0.25, -0.2) is 4.98 Å². The van der Waals surface area contributed by atoms with Crippen LogP contribution in [0, 0.1) is 5.92 Å². The minimum absolute atomic E-state index is 0.631. The zero-order valence-corrected chi connectivity index (χ0v) is 8.90. The van der Waals surface area contributed by atoms with Gasteiger partial charge in [0.05, 0.1) is 0 Å². The number of ether oxygens (including phenoxy) is 1. The Morgan fingerprint density at radius 3 is 3.17 bits per heavy atom. The summed E-state index contributed by atoms with van der Waals surface area (Å²) < 4.78 is 10.4. The van der Waals surface area contributed by atoms with Gasteiger partial charge in [0.25, 0.3) is 0 Å². The van der Waals surface area contributed by atoms with Crippen LogP contribution >= 0.6 is 27.5 Å². The van der Waals surface area contributed by atoms with Crippen LogP contribution < -0.4 is 0 Å². The minimum Gasteiger partial charge on any atom is -0.381 e. The third kappa shape index (κ3) is 2.02. The van der Waals surface area contributed by atoms with E-state index >= 15 is 0 Å². The van der Waals surface area contributed by atoms with Gasteiger partial charge < -0.3 is 4.74 Å². The number of halogens is 1. The molecule has 0 radical (unpaired) electrons. The smallest absolute Gasteiger partial charge is 0.179 e. The van der Waals surface area contributed by atoms with Crippen molar-refractivity contribution in [1.29, 1.82) is 0 Å². The summed E-state index contributed by atoms with van der Waals surface area (Å²) in [6.07, 6.45) is 2.11. The molecule has 66 valence electrons. The number of nitrogens with zero attached hydrogens (tertiary/aromatic N) is 2. The van der Waals surface area contributed by atoms with Crippen molar-refractivity contribution in [2.24, 2.45) is 5.92 Å². The van der Waals surface area contributed by atoms with Crippen LogP contribution in [0.5, 0.6) is 0 Å². The highest BCUT2D eigenvalue weighted by molar-refractivity contribution is 9.11. The van der Waals surface area contributed by atoms with Gasteiger partial charge in [-0.3, -0.25) is 0 Å². The van der Waals surface area contributed by atoms with Gasteiger partial charge in [0, 0.05) is 19.6 Å². The fourth-order valence-electron chi connectivity index (χ4n) is 1.32. The molecule has 1 aromatic rings. The van der Waals surface area contributed by atoms with E-state index in [1.165, 1.54) is 11.5 Å². The first-order valence-electron chi connectivity index (χ1n) is 3.90. The molecule has 0 bridgehead atoms. The standard InChI is InChI=1S/C7H9BrN2OS/c8-7-9-6(10-12-7)3-5-1-2-11-4-5/h5H,1-4H2. The van der Waals surface area contributed by atoms with Gasteiger partial charge >= 0.3 is 0 Å². The fourth-order valence-corrected chi connectivity index (χ4v) is 2.18. The van der Waals surface area contributed by atoms with Crippen molar-refractivity contribution in [3.8, 4) is 0 Å². The summed E-state index contributed by atoms with van der Waals surface area (Å²) in [5.41, 5.74) is 0. The normalized spacial score (nSPS) is 23.2. The second-order valence-electron chi connectivity index (χ2n) is 2.90. The molecule has 0 aliphatic carbocycles. The van der Waals surface area contributed by atoms with Gasteiger partial charge in [-0.05, 0) is 39.8 Å². The van der Waals surface area contributed by atoms with Crippen LogP contribution in [0.3, 0.4) is 0 Å². The molecule has 0 saturated carbocycles. The molecule has 0 spiro atoms. The number of rotatable bonds is 2. The summed E-state index contributed by atoms with van der Waals surface area (Å²) in [4.78, 5) is 4.24. The Morgan fingerprint density at radius 1 is 1.67 bits per heavy atom. The Hall–Kier alpha value is -0.0000000000000000555. The number of hydrogen-bond acceptors (Lipinski definition) is 4. The van der Waals surface area contributed by atoms with Gasteiger partial charge in [-0.2, -0.15) is 4.37 Å². The van der Waals surface area contributed by atoms with Crippen LogP contribution in [0.15, 0.2) is 3.92 Å². The van der Waals surface area contributed by atoms with E-state index in [9.17, 15) is 0 Å². The van der Waals surface area contributed by atoms with E-state index in [0.29, 0.717) is 5.92 Å². The zero-order valence-electron chi connectivity index (χ0n) is 6.49. The molecule has 1 aliphatic heterocycles. The lowest BCUT2D eigenvalue weighted by Gasteiger charge is -2.01. The van der Waals surface area contributed by atoms with Crippen molar-refractivity contribution >= 4 is 27.5 Å². The monoisotopic (exact) mass is 248 g/mol. The lowest BCUT2D eigenvalue weighted by atomic mass is 10.1. The Kier molecular flexibility index (Phi) is 2.73. The summed E-state index contributed by atoms with van der Waals surface area (Å²) >= 11 is 4.70. The lowest BCUT2D eigenvalue weighted by Crippen LogP contribution is -2.04. The molecule has 1 fully saturated rings. The molecule has 1 saturated heterocycles. The van der Waals surface area contributed by atoms with Crippen molar-refractivity contribution < 1.29 is 4.74 Å². The quantitative estimate of drug-likeness (QED) is 0.802. The molecule has 1 atom stereocenters. The molecule has 2 rings (SSSR count). The average molecular weight is 249 g/mol. The number of hydrogen-bond donors (Lipinski definition) is 0. The van der Waals surface area contributed by atoms with Crippen LogP contribution in [0.4, 0.5) is 0 Å².